The third-order valence-electron chi connectivity index (χ3n) is 2.66. The summed E-state index contributed by atoms with van der Waals surface area (Å²) in [7, 11) is -3.71. The third-order valence-corrected chi connectivity index (χ3v) is 5.11. The lowest BCUT2D eigenvalue weighted by molar-refractivity contribution is 0.260. The van der Waals surface area contributed by atoms with Crippen molar-refractivity contribution < 1.29 is 13.5 Å². The molecule has 0 atom stereocenters. The second kappa shape index (κ2) is 6.51. The third kappa shape index (κ3) is 3.56. The minimum Gasteiger partial charge on any atom is -0.398 e. The predicted molar refractivity (Wildman–Crippen MR) is 79.3 cm³/mol. The van der Waals surface area contributed by atoms with Gasteiger partial charge >= 0.3 is 0 Å². The van der Waals surface area contributed by atoms with E-state index in [1.54, 1.807) is 13.0 Å². The monoisotopic (exact) mass is 348 g/mol. The Kier molecular flexibility index (Phi) is 5.54. The first kappa shape index (κ1) is 16.2. The first-order chi connectivity index (χ1) is 8.84. The quantitative estimate of drug-likeness (QED) is 0.602. The van der Waals surface area contributed by atoms with E-state index in [0.29, 0.717) is 15.7 Å². The van der Waals surface area contributed by atoms with Crippen LogP contribution in [-0.2, 0) is 10.0 Å². The normalized spacial score (nSPS) is 11.8. The number of rotatable bonds is 6. The Morgan fingerprint density at radius 2 is 2.16 bits per heavy atom. The van der Waals surface area contributed by atoms with Crippen molar-refractivity contribution in [2.45, 2.75) is 11.8 Å². The molecule has 3 N–H and O–H groups in total. The van der Waals surface area contributed by atoms with Gasteiger partial charge in [-0.1, -0.05) is 22.0 Å². The van der Waals surface area contributed by atoms with Crippen molar-refractivity contribution in [3.8, 4) is 0 Å². The molecular formula is C12H17BrN2O3S. The molecule has 0 spiro atoms. The largest absolute Gasteiger partial charge is 0.398 e. The second-order valence-corrected chi connectivity index (χ2v) is 6.82. The van der Waals surface area contributed by atoms with Crippen molar-refractivity contribution >= 4 is 31.6 Å². The zero-order chi connectivity index (χ0) is 14.6. The van der Waals surface area contributed by atoms with Gasteiger partial charge in [0, 0.05) is 23.2 Å². The van der Waals surface area contributed by atoms with Gasteiger partial charge < -0.3 is 10.8 Å². The van der Waals surface area contributed by atoms with Crippen LogP contribution in [0.1, 0.15) is 5.56 Å². The fourth-order valence-corrected chi connectivity index (χ4v) is 3.96. The summed E-state index contributed by atoms with van der Waals surface area (Å²) in [6, 6.07) is 3.16. The molecule has 0 radical (unpaired) electrons. The summed E-state index contributed by atoms with van der Waals surface area (Å²) in [5.74, 6) is 0. The van der Waals surface area contributed by atoms with Gasteiger partial charge in [-0.05, 0) is 24.6 Å². The van der Waals surface area contributed by atoms with Crippen LogP contribution < -0.4 is 5.73 Å². The van der Waals surface area contributed by atoms with Gasteiger partial charge in [0.2, 0.25) is 10.0 Å². The van der Waals surface area contributed by atoms with Crippen LogP contribution in [0.4, 0.5) is 5.69 Å². The number of hydrogen-bond donors (Lipinski definition) is 2. The molecule has 0 aliphatic carbocycles. The lowest BCUT2D eigenvalue weighted by Gasteiger charge is -2.21. The molecule has 0 heterocycles. The number of anilines is 1. The van der Waals surface area contributed by atoms with Crippen molar-refractivity contribution in [2.75, 3.05) is 25.4 Å². The summed E-state index contributed by atoms with van der Waals surface area (Å²) in [6.45, 7) is 5.07. The van der Waals surface area contributed by atoms with Crippen molar-refractivity contribution in [1.82, 2.24) is 4.31 Å². The van der Waals surface area contributed by atoms with Gasteiger partial charge in [0.1, 0.15) is 0 Å². The Morgan fingerprint density at radius 1 is 1.53 bits per heavy atom. The van der Waals surface area contributed by atoms with Crippen LogP contribution in [0.3, 0.4) is 0 Å². The molecule has 0 aromatic heterocycles. The molecule has 19 heavy (non-hydrogen) atoms. The van der Waals surface area contributed by atoms with E-state index < -0.39 is 10.0 Å². The van der Waals surface area contributed by atoms with Gasteiger partial charge in [-0.25, -0.2) is 8.42 Å². The van der Waals surface area contributed by atoms with Crippen LogP contribution in [0.2, 0.25) is 0 Å². The highest BCUT2D eigenvalue weighted by Crippen LogP contribution is 2.28. The summed E-state index contributed by atoms with van der Waals surface area (Å²) in [5.41, 5.74) is 6.68. The van der Waals surface area contributed by atoms with E-state index in [1.165, 1.54) is 12.1 Å². The number of halogens is 1. The number of benzene rings is 1. The van der Waals surface area contributed by atoms with E-state index in [-0.39, 0.29) is 24.6 Å². The fraction of sp³-hybridized carbons (Fsp3) is 0.333. The number of hydrogen-bond acceptors (Lipinski definition) is 4. The van der Waals surface area contributed by atoms with Crippen LogP contribution in [0.15, 0.2) is 34.2 Å². The molecular weight excluding hydrogens is 332 g/mol. The topological polar surface area (TPSA) is 83.6 Å². The Labute approximate surface area is 121 Å². The molecule has 106 valence electrons. The zero-order valence-corrected chi connectivity index (χ0v) is 13.0. The van der Waals surface area contributed by atoms with Gasteiger partial charge in [-0.2, -0.15) is 4.31 Å². The van der Waals surface area contributed by atoms with E-state index >= 15 is 0 Å². The lowest BCUT2D eigenvalue weighted by atomic mass is 10.2. The van der Waals surface area contributed by atoms with Crippen LogP contribution in [-0.4, -0.2) is 37.5 Å². The smallest absolute Gasteiger partial charge is 0.243 e. The molecule has 1 aromatic carbocycles. The maximum absolute atomic E-state index is 12.5. The maximum atomic E-state index is 12.5. The average molecular weight is 349 g/mol. The minimum absolute atomic E-state index is 0.0141. The molecule has 7 heteroatoms. The number of aliphatic hydroxyl groups excluding tert-OH is 1. The number of sulfonamides is 1. The van der Waals surface area contributed by atoms with Crippen molar-refractivity contribution in [2.24, 2.45) is 0 Å². The molecule has 0 unspecified atom stereocenters. The van der Waals surface area contributed by atoms with E-state index in [4.69, 9.17) is 10.8 Å². The maximum Gasteiger partial charge on any atom is 0.243 e. The van der Waals surface area contributed by atoms with Crippen molar-refractivity contribution in [3.63, 3.8) is 0 Å². The van der Waals surface area contributed by atoms with Crippen LogP contribution in [0.5, 0.6) is 0 Å². The predicted octanol–water partition coefficient (Wildman–Crippen LogP) is 1.51. The highest BCUT2D eigenvalue weighted by Gasteiger charge is 2.26. The van der Waals surface area contributed by atoms with Gasteiger partial charge in [0.05, 0.1) is 11.5 Å². The number of nitrogens with two attached hydrogens (primary N) is 1. The molecule has 0 saturated carbocycles. The standard InChI is InChI=1S/C12H17BrN2O3S/c1-3-4-15(5-6-16)19(17,18)12-8-10(13)7-11(14)9(12)2/h3,7-8,16H,1,4-6,14H2,2H3. The van der Waals surface area contributed by atoms with Gasteiger partial charge in [0.15, 0.2) is 0 Å². The summed E-state index contributed by atoms with van der Waals surface area (Å²) >= 11 is 3.23. The molecule has 0 amide bonds. The molecule has 0 fully saturated rings. The average Bonchev–Trinajstić information content (AvgIpc) is 2.33. The molecule has 1 rings (SSSR count). The fourth-order valence-electron chi connectivity index (χ4n) is 1.65. The van der Waals surface area contributed by atoms with E-state index in [1.807, 2.05) is 0 Å². The summed E-state index contributed by atoms with van der Waals surface area (Å²) in [5, 5.41) is 8.98. The number of nitrogen functional groups attached to an aromatic ring is 1. The van der Waals surface area contributed by atoms with Crippen molar-refractivity contribution in [3.05, 3.63) is 34.8 Å². The van der Waals surface area contributed by atoms with Crippen molar-refractivity contribution in [1.29, 1.82) is 0 Å². The SMILES string of the molecule is C=CCN(CCO)S(=O)(=O)c1cc(Br)cc(N)c1C. The Balaban J connectivity index is 3.36. The molecule has 5 nitrogen and oxygen atoms in total. The highest BCUT2D eigenvalue weighted by atomic mass is 79.9. The van der Waals surface area contributed by atoms with Crippen LogP contribution >= 0.6 is 15.9 Å². The highest BCUT2D eigenvalue weighted by molar-refractivity contribution is 9.10. The van der Waals surface area contributed by atoms with E-state index in [9.17, 15) is 8.42 Å². The zero-order valence-electron chi connectivity index (χ0n) is 10.6. The second-order valence-electron chi connectivity index (χ2n) is 3.99. The Bertz CT molecular complexity index is 573. The minimum atomic E-state index is -3.71. The summed E-state index contributed by atoms with van der Waals surface area (Å²) < 4.78 is 26.8. The van der Waals surface area contributed by atoms with Gasteiger partial charge in [-0.3, -0.25) is 0 Å². The van der Waals surface area contributed by atoms with Gasteiger partial charge in [-0.15, -0.1) is 6.58 Å². The number of nitrogens with zero attached hydrogens (tertiary/aromatic N) is 1. The molecule has 0 saturated heterocycles. The van der Waals surface area contributed by atoms with E-state index in [2.05, 4.69) is 22.5 Å². The molecule has 1 aromatic rings. The first-order valence-electron chi connectivity index (χ1n) is 5.62. The summed E-state index contributed by atoms with van der Waals surface area (Å²) in [4.78, 5) is 0.134. The number of aliphatic hydroxyl groups is 1. The molecule has 0 aliphatic rings. The van der Waals surface area contributed by atoms with Crippen LogP contribution in [0, 0.1) is 6.92 Å². The molecule has 0 aliphatic heterocycles. The van der Waals surface area contributed by atoms with Crippen LogP contribution in [0.25, 0.3) is 0 Å². The Hall–Kier alpha value is -0.890. The summed E-state index contributed by atoms with van der Waals surface area (Å²) in [6.07, 6.45) is 1.48. The van der Waals surface area contributed by atoms with E-state index in [0.717, 1.165) is 4.31 Å². The molecule has 0 bridgehead atoms. The van der Waals surface area contributed by atoms with Gasteiger partial charge in [0.25, 0.3) is 0 Å². The lowest BCUT2D eigenvalue weighted by Crippen LogP contribution is -2.34. The first-order valence-corrected chi connectivity index (χ1v) is 7.85. The Morgan fingerprint density at radius 3 is 2.68 bits per heavy atom.